The number of ether oxygens (including phenoxy) is 1. The van der Waals surface area contributed by atoms with Crippen molar-refractivity contribution in [3.05, 3.63) is 48.0 Å². The Morgan fingerprint density at radius 3 is 2.94 bits per heavy atom. The van der Waals surface area contributed by atoms with Crippen LogP contribution in [0.15, 0.2) is 36.9 Å². The number of hydrogen-bond acceptors (Lipinski definition) is 3. The number of benzene rings is 1. The van der Waals surface area contributed by atoms with E-state index in [2.05, 4.69) is 31.0 Å². The van der Waals surface area contributed by atoms with Gasteiger partial charge in [0.1, 0.15) is 6.61 Å². The van der Waals surface area contributed by atoms with Gasteiger partial charge in [-0.2, -0.15) is 0 Å². The number of hydrogen-bond donors (Lipinski definition) is 1. The van der Waals surface area contributed by atoms with Crippen molar-refractivity contribution in [2.75, 3.05) is 13.2 Å². The molecule has 3 nitrogen and oxygen atoms in total. The number of nitrogens with one attached hydrogen (secondary N) is 1. The van der Waals surface area contributed by atoms with Crippen LogP contribution in [0.2, 0.25) is 0 Å². The zero-order valence-corrected chi connectivity index (χ0v) is 9.53. The van der Waals surface area contributed by atoms with Crippen molar-refractivity contribution in [1.82, 2.24) is 5.32 Å². The molecule has 1 N–H and O–H groups in total. The van der Waals surface area contributed by atoms with Crippen LogP contribution >= 0.6 is 0 Å². The average Bonchev–Trinajstić information content (AvgIpc) is 2.30. The van der Waals surface area contributed by atoms with Crippen LogP contribution in [0.1, 0.15) is 11.1 Å². The Balaban J connectivity index is 2.19. The van der Waals surface area contributed by atoms with Crippen molar-refractivity contribution < 1.29 is 9.53 Å². The molecule has 1 aromatic carbocycles. The first kappa shape index (κ1) is 12.5. The molecule has 1 rings (SSSR count). The number of aryl methyl sites for hydroxylation is 1. The quantitative estimate of drug-likeness (QED) is 0.450. The average molecular weight is 219 g/mol. The summed E-state index contributed by atoms with van der Waals surface area (Å²) in [5.41, 5.74) is 2.52. The van der Waals surface area contributed by atoms with Gasteiger partial charge in [0.25, 0.3) is 0 Å². The van der Waals surface area contributed by atoms with E-state index in [1.807, 2.05) is 12.1 Å². The summed E-state index contributed by atoms with van der Waals surface area (Å²) >= 11 is 0. The highest BCUT2D eigenvalue weighted by atomic mass is 16.5. The molecule has 0 atom stereocenters. The number of carbonyl (C=O) groups excluding carboxylic acids is 1. The molecule has 16 heavy (non-hydrogen) atoms. The molecular formula is C13H17NO2. The van der Waals surface area contributed by atoms with E-state index in [1.54, 1.807) is 0 Å². The Morgan fingerprint density at radius 2 is 2.25 bits per heavy atom. The summed E-state index contributed by atoms with van der Waals surface area (Å²) in [5.74, 6) is -0.377. The Bertz CT molecular complexity index is 361. The van der Waals surface area contributed by atoms with Gasteiger partial charge in [0.15, 0.2) is 0 Å². The molecule has 86 valence electrons. The number of esters is 1. The molecule has 0 amide bonds. The van der Waals surface area contributed by atoms with Gasteiger partial charge in [-0.25, -0.2) is 4.79 Å². The van der Waals surface area contributed by atoms with Crippen molar-refractivity contribution >= 4 is 5.97 Å². The summed E-state index contributed by atoms with van der Waals surface area (Å²) in [6, 6.07) is 8.19. The van der Waals surface area contributed by atoms with E-state index in [9.17, 15) is 4.79 Å². The first-order chi connectivity index (χ1) is 7.74. The van der Waals surface area contributed by atoms with Crippen molar-refractivity contribution in [3.8, 4) is 0 Å². The maximum Gasteiger partial charge on any atom is 0.330 e. The lowest BCUT2D eigenvalue weighted by molar-refractivity contribution is -0.137. The predicted molar refractivity (Wildman–Crippen MR) is 64.0 cm³/mol. The molecule has 0 fully saturated rings. The van der Waals surface area contributed by atoms with Gasteiger partial charge in [0.2, 0.25) is 0 Å². The van der Waals surface area contributed by atoms with Crippen molar-refractivity contribution in [2.24, 2.45) is 0 Å². The first-order valence-corrected chi connectivity index (χ1v) is 5.28. The molecule has 0 aliphatic heterocycles. The van der Waals surface area contributed by atoms with Crippen molar-refractivity contribution in [1.29, 1.82) is 0 Å². The molecule has 0 aliphatic rings. The third-order valence-corrected chi connectivity index (χ3v) is 2.27. The molecule has 1 aromatic rings. The van der Waals surface area contributed by atoms with Crippen LogP contribution in [0.4, 0.5) is 0 Å². The van der Waals surface area contributed by atoms with Crippen LogP contribution in [-0.4, -0.2) is 19.1 Å². The smallest absolute Gasteiger partial charge is 0.330 e. The maximum absolute atomic E-state index is 10.7. The maximum atomic E-state index is 10.7. The van der Waals surface area contributed by atoms with Gasteiger partial charge in [-0.3, -0.25) is 0 Å². The highest BCUT2D eigenvalue weighted by molar-refractivity contribution is 5.81. The fourth-order valence-electron chi connectivity index (χ4n) is 1.31. The fraction of sp³-hybridized carbons (Fsp3) is 0.308. The largest absolute Gasteiger partial charge is 0.461 e. The zero-order valence-electron chi connectivity index (χ0n) is 9.53. The molecule has 0 saturated heterocycles. The van der Waals surface area contributed by atoms with E-state index in [1.165, 1.54) is 17.2 Å². The van der Waals surface area contributed by atoms with Gasteiger partial charge in [-0.05, 0) is 18.1 Å². The molecule has 0 radical (unpaired) electrons. The van der Waals surface area contributed by atoms with Crippen LogP contribution in [0.3, 0.4) is 0 Å². The van der Waals surface area contributed by atoms with Crippen molar-refractivity contribution in [2.45, 2.75) is 13.5 Å². The third-order valence-electron chi connectivity index (χ3n) is 2.27. The van der Waals surface area contributed by atoms with E-state index in [0.29, 0.717) is 13.2 Å². The van der Waals surface area contributed by atoms with Gasteiger partial charge < -0.3 is 10.1 Å². The molecule has 0 spiro atoms. The van der Waals surface area contributed by atoms with E-state index in [-0.39, 0.29) is 5.97 Å². The zero-order chi connectivity index (χ0) is 11.8. The topological polar surface area (TPSA) is 38.3 Å². The lowest BCUT2D eigenvalue weighted by atomic mass is 10.1. The van der Waals surface area contributed by atoms with Gasteiger partial charge in [0.05, 0.1) is 0 Å². The van der Waals surface area contributed by atoms with E-state index < -0.39 is 0 Å². The normalized spacial score (nSPS) is 9.81. The molecule has 0 heterocycles. The monoisotopic (exact) mass is 219 g/mol. The first-order valence-electron chi connectivity index (χ1n) is 5.28. The molecule has 3 heteroatoms. The SMILES string of the molecule is C=CC(=O)OCCNCc1ccccc1C. The third kappa shape index (κ3) is 4.28. The summed E-state index contributed by atoms with van der Waals surface area (Å²) in [4.78, 5) is 10.7. The predicted octanol–water partition coefficient (Wildman–Crippen LogP) is 1.81. The Kier molecular flexibility index (Phi) is 5.29. The van der Waals surface area contributed by atoms with Crippen LogP contribution in [0.25, 0.3) is 0 Å². The molecule has 0 saturated carbocycles. The van der Waals surface area contributed by atoms with Gasteiger partial charge in [0, 0.05) is 19.2 Å². The number of carbonyl (C=O) groups is 1. The van der Waals surface area contributed by atoms with Crippen LogP contribution in [-0.2, 0) is 16.1 Å². The Hall–Kier alpha value is -1.61. The molecule has 0 unspecified atom stereocenters. The van der Waals surface area contributed by atoms with E-state index in [0.717, 1.165) is 6.54 Å². The second-order valence-electron chi connectivity index (χ2n) is 3.47. The minimum absolute atomic E-state index is 0.372. The Labute approximate surface area is 96.1 Å². The fourth-order valence-corrected chi connectivity index (χ4v) is 1.31. The molecular weight excluding hydrogens is 202 g/mol. The summed E-state index contributed by atoms with van der Waals surface area (Å²) in [5, 5.41) is 3.21. The summed E-state index contributed by atoms with van der Waals surface area (Å²) in [6.07, 6.45) is 1.17. The summed E-state index contributed by atoms with van der Waals surface area (Å²) in [7, 11) is 0. The van der Waals surface area contributed by atoms with E-state index in [4.69, 9.17) is 4.74 Å². The minimum Gasteiger partial charge on any atom is -0.461 e. The minimum atomic E-state index is -0.377. The second kappa shape index (κ2) is 6.80. The van der Waals surface area contributed by atoms with Crippen LogP contribution in [0, 0.1) is 6.92 Å². The lowest BCUT2D eigenvalue weighted by Crippen LogP contribution is -2.20. The van der Waals surface area contributed by atoms with E-state index >= 15 is 0 Å². The standard InChI is InChI=1S/C13H17NO2/c1-3-13(15)16-9-8-14-10-12-7-5-4-6-11(12)2/h3-7,14H,1,8-10H2,2H3. The summed E-state index contributed by atoms with van der Waals surface area (Å²) < 4.78 is 4.84. The highest BCUT2D eigenvalue weighted by Gasteiger charge is 1.97. The van der Waals surface area contributed by atoms with Crippen LogP contribution in [0.5, 0.6) is 0 Å². The Morgan fingerprint density at radius 1 is 1.50 bits per heavy atom. The van der Waals surface area contributed by atoms with Gasteiger partial charge in [-0.1, -0.05) is 30.8 Å². The number of rotatable bonds is 6. The highest BCUT2D eigenvalue weighted by Crippen LogP contribution is 2.05. The van der Waals surface area contributed by atoms with Crippen LogP contribution < -0.4 is 5.32 Å². The molecule has 0 aromatic heterocycles. The lowest BCUT2D eigenvalue weighted by Gasteiger charge is -2.07. The van der Waals surface area contributed by atoms with Gasteiger partial charge >= 0.3 is 5.97 Å². The second-order valence-corrected chi connectivity index (χ2v) is 3.47. The molecule has 0 aliphatic carbocycles. The van der Waals surface area contributed by atoms with Gasteiger partial charge in [-0.15, -0.1) is 0 Å². The molecule has 0 bridgehead atoms. The summed E-state index contributed by atoms with van der Waals surface area (Å²) in [6.45, 7) is 7.21. The van der Waals surface area contributed by atoms with Crippen molar-refractivity contribution in [3.63, 3.8) is 0 Å².